The third kappa shape index (κ3) is 1.46. The second kappa shape index (κ2) is 3.71. The molecule has 4 rings (SSSR count). The molecule has 2 aromatic rings. The van der Waals surface area contributed by atoms with Crippen LogP contribution in [0, 0.1) is 6.92 Å². The molecule has 2 atom stereocenters. The van der Waals surface area contributed by atoms with Crippen molar-refractivity contribution >= 4 is 16.5 Å². The summed E-state index contributed by atoms with van der Waals surface area (Å²) in [6.45, 7) is 3.13. The minimum Gasteiger partial charge on any atom is -0.358 e. The van der Waals surface area contributed by atoms with E-state index in [0.29, 0.717) is 6.04 Å². The van der Waals surface area contributed by atoms with Gasteiger partial charge in [0.1, 0.15) is 0 Å². The highest BCUT2D eigenvalue weighted by atomic mass is 15.2. The van der Waals surface area contributed by atoms with Crippen LogP contribution in [0.5, 0.6) is 0 Å². The lowest BCUT2D eigenvalue weighted by molar-refractivity contribution is 0.268. The first-order chi connectivity index (χ1) is 9.15. The van der Waals surface area contributed by atoms with E-state index in [9.17, 15) is 0 Å². The van der Waals surface area contributed by atoms with Crippen molar-refractivity contribution in [2.45, 2.75) is 25.4 Å². The molecule has 3 heteroatoms. The second-order valence-electron chi connectivity index (χ2n) is 5.90. The quantitative estimate of drug-likeness (QED) is 0.755. The molecule has 0 saturated carbocycles. The summed E-state index contributed by atoms with van der Waals surface area (Å²) in [6, 6.07) is 7.17. The van der Waals surface area contributed by atoms with Crippen LogP contribution >= 0.6 is 0 Å². The Morgan fingerprint density at radius 2 is 2.21 bits per heavy atom. The van der Waals surface area contributed by atoms with E-state index < -0.39 is 0 Å². The van der Waals surface area contributed by atoms with Gasteiger partial charge < -0.3 is 10.7 Å². The molecule has 0 bridgehead atoms. The number of hydrogen-bond donors (Lipinski definition) is 2. The molecule has 3 nitrogen and oxygen atoms in total. The summed E-state index contributed by atoms with van der Waals surface area (Å²) >= 11 is 0. The minimum absolute atomic E-state index is 0.146. The number of hydrogen-bond acceptors (Lipinski definition) is 2. The van der Waals surface area contributed by atoms with Crippen LogP contribution in [0.4, 0.5) is 0 Å². The van der Waals surface area contributed by atoms with Gasteiger partial charge in [-0.25, -0.2) is 0 Å². The van der Waals surface area contributed by atoms with Crippen molar-refractivity contribution < 1.29 is 0 Å². The Labute approximate surface area is 113 Å². The first-order valence-corrected chi connectivity index (χ1v) is 6.93. The Bertz CT molecular complexity index is 695. The monoisotopic (exact) mass is 253 g/mol. The molecule has 1 aromatic heterocycles. The highest BCUT2D eigenvalue weighted by molar-refractivity contribution is 5.99. The zero-order valence-electron chi connectivity index (χ0n) is 11.4. The lowest BCUT2D eigenvalue weighted by Gasteiger charge is -2.39. The van der Waals surface area contributed by atoms with Gasteiger partial charge in [0, 0.05) is 35.2 Å². The molecule has 98 valence electrons. The van der Waals surface area contributed by atoms with Crippen LogP contribution in [0.2, 0.25) is 0 Å². The van der Waals surface area contributed by atoms with Crippen molar-refractivity contribution in [3.05, 3.63) is 41.1 Å². The van der Waals surface area contributed by atoms with E-state index in [4.69, 9.17) is 5.73 Å². The number of nitrogens with two attached hydrogens (primary N) is 1. The molecular weight excluding hydrogens is 234 g/mol. The fraction of sp³-hybridized carbons (Fsp3) is 0.375. The Kier molecular flexibility index (Phi) is 2.20. The number of aromatic nitrogens is 1. The summed E-state index contributed by atoms with van der Waals surface area (Å²) in [5.41, 5.74) is 13.0. The number of likely N-dealkylation sites (N-methyl/N-ethyl adjacent to an activating group) is 1. The Morgan fingerprint density at radius 3 is 3.05 bits per heavy atom. The van der Waals surface area contributed by atoms with E-state index in [1.165, 1.54) is 33.3 Å². The highest BCUT2D eigenvalue weighted by Gasteiger charge is 2.33. The van der Waals surface area contributed by atoms with Crippen LogP contribution < -0.4 is 5.73 Å². The molecule has 2 aliphatic rings. The van der Waals surface area contributed by atoms with Crippen molar-refractivity contribution in [3.63, 3.8) is 0 Å². The summed E-state index contributed by atoms with van der Waals surface area (Å²) in [6.07, 6.45) is 3.36. The molecule has 3 N–H and O–H groups in total. The van der Waals surface area contributed by atoms with Gasteiger partial charge in [0.05, 0.1) is 0 Å². The predicted molar refractivity (Wildman–Crippen MR) is 79.1 cm³/mol. The number of benzene rings is 1. The van der Waals surface area contributed by atoms with Gasteiger partial charge in [0.25, 0.3) is 0 Å². The number of H-pyrrole nitrogens is 1. The van der Waals surface area contributed by atoms with E-state index in [0.717, 1.165) is 13.0 Å². The zero-order chi connectivity index (χ0) is 13.1. The standard InChI is InChI=1S/C16H19N3/c1-9-12-7-15-13(6-10(17)8-19(15)2)11-4-3-5-14(18-9)16(11)12/h3-6,10,15,18H,7-8,17H2,1-2H3/t10-,15+/m0/s1. The average Bonchev–Trinajstić information content (AvgIpc) is 2.69. The van der Waals surface area contributed by atoms with Crippen LogP contribution in [0.25, 0.3) is 16.5 Å². The fourth-order valence-electron chi connectivity index (χ4n) is 3.76. The van der Waals surface area contributed by atoms with Gasteiger partial charge in [0.15, 0.2) is 0 Å². The number of nitrogens with zero attached hydrogens (tertiary/aromatic N) is 1. The summed E-state index contributed by atoms with van der Waals surface area (Å²) in [5, 5.41) is 1.41. The molecule has 1 aliphatic carbocycles. The largest absolute Gasteiger partial charge is 0.358 e. The van der Waals surface area contributed by atoms with E-state index in [-0.39, 0.29) is 6.04 Å². The first kappa shape index (κ1) is 11.3. The van der Waals surface area contributed by atoms with Gasteiger partial charge in [-0.2, -0.15) is 0 Å². The molecule has 0 radical (unpaired) electrons. The summed E-state index contributed by atoms with van der Waals surface area (Å²) in [7, 11) is 2.19. The van der Waals surface area contributed by atoms with Crippen molar-refractivity contribution in [1.29, 1.82) is 0 Å². The van der Waals surface area contributed by atoms with E-state index >= 15 is 0 Å². The second-order valence-corrected chi connectivity index (χ2v) is 5.90. The summed E-state index contributed by atoms with van der Waals surface area (Å²) < 4.78 is 0. The van der Waals surface area contributed by atoms with E-state index in [2.05, 4.69) is 48.1 Å². The lowest BCUT2D eigenvalue weighted by Crippen LogP contribution is -2.47. The smallest absolute Gasteiger partial charge is 0.0465 e. The topological polar surface area (TPSA) is 45.1 Å². The van der Waals surface area contributed by atoms with Crippen LogP contribution in [0.1, 0.15) is 16.8 Å². The van der Waals surface area contributed by atoms with Gasteiger partial charge in [0.2, 0.25) is 0 Å². The van der Waals surface area contributed by atoms with Gasteiger partial charge >= 0.3 is 0 Å². The molecular formula is C16H19N3. The zero-order valence-corrected chi connectivity index (χ0v) is 11.4. The van der Waals surface area contributed by atoms with E-state index in [1.54, 1.807) is 0 Å². The van der Waals surface area contributed by atoms with Gasteiger partial charge in [-0.05, 0) is 43.2 Å². The number of nitrogens with one attached hydrogen (secondary N) is 1. The number of aromatic amines is 1. The lowest BCUT2D eigenvalue weighted by atomic mass is 9.80. The van der Waals surface area contributed by atoms with Gasteiger partial charge in [-0.3, -0.25) is 4.90 Å². The molecule has 0 spiro atoms. The van der Waals surface area contributed by atoms with Crippen LogP contribution in [-0.4, -0.2) is 35.6 Å². The van der Waals surface area contributed by atoms with Crippen LogP contribution in [0.15, 0.2) is 24.3 Å². The van der Waals surface area contributed by atoms with Crippen molar-refractivity contribution in [1.82, 2.24) is 9.88 Å². The molecule has 0 amide bonds. The Morgan fingerprint density at radius 1 is 1.37 bits per heavy atom. The summed E-state index contributed by atoms with van der Waals surface area (Å²) in [4.78, 5) is 5.91. The van der Waals surface area contributed by atoms with Crippen molar-refractivity contribution in [2.24, 2.45) is 5.73 Å². The maximum Gasteiger partial charge on any atom is 0.0465 e. The van der Waals surface area contributed by atoms with Crippen molar-refractivity contribution in [3.8, 4) is 0 Å². The molecule has 2 heterocycles. The Hall–Kier alpha value is -1.58. The van der Waals surface area contributed by atoms with Crippen LogP contribution in [-0.2, 0) is 6.42 Å². The third-order valence-electron chi connectivity index (χ3n) is 4.63. The first-order valence-electron chi connectivity index (χ1n) is 6.93. The molecule has 0 unspecified atom stereocenters. The van der Waals surface area contributed by atoms with Crippen LogP contribution in [0.3, 0.4) is 0 Å². The summed E-state index contributed by atoms with van der Waals surface area (Å²) in [5.74, 6) is 0. The van der Waals surface area contributed by atoms with Crippen molar-refractivity contribution in [2.75, 3.05) is 13.6 Å². The van der Waals surface area contributed by atoms with Gasteiger partial charge in [-0.15, -0.1) is 0 Å². The number of aryl methyl sites for hydroxylation is 1. The predicted octanol–water partition coefficient (Wildman–Crippen LogP) is 2.06. The molecule has 0 fully saturated rings. The number of fused-ring (bicyclic) bond motifs is 2. The normalized spacial score (nSPS) is 26.4. The molecule has 19 heavy (non-hydrogen) atoms. The maximum absolute atomic E-state index is 6.16. The SMILES string of the molecule is Cc1[nH]c2cccc3c2c1C[C@@H]1C3=C[C@H](N)CN1C. The highest BCUT2D eigenvalue weighted by Crippen LogP contribution is 2.40. The molecule has 1 aromatic carbocycles. The fourth-order valence-corrected chi connectivity index (χ4v) is 3.76. The molecule has 0 saturated heterocycles. The minimum atomic E-state index is 0.146. The molecule has 1 aliphatic heterocycles. The maximum atomic E-state index is 6.16. The van der Waals surface area contributed by atoms with E-state index in [1.807, 2.05) is 0 Å². The number of rotatable bonds is 0. The Balaban J connectivity index is 2.04. The average molecular weight is 253 g/mol. The van der Waals surface area contributed by atoms with Gasteiger partial charge in [-0.1, -0.05) is 18.2 Å². The third-order valence-corrected chi connectivity index (χ3v) is 4.63.